The van der Waals surface area contributed by atoms with Gasteiger partial charge in [-0.1, -0.05) is 11.6 Å². The van der Waals surface area contributed by atoms with E-state index in [9.17, 15) is 14.4 Å². The van der Waals surface area contributed by atoms with Gasteiger partial charge in [0.25, 0.3) is 0 Å². The van der Waals surface area contributed by atoms with E-state index in [1.807, 2.05) is 0 Å². The lowest BCUT2D eigenvalue weighted by Crippen LogP contribution is -2.38. The molecule has 1 aromatic carbocycles. The van der Waals surface area contributed by atoms with Crippen LogP contribution in [0.3, 0.4) is 0 Å². The summed E-state index contributed by atoms with van der Waals surface area (Å²) in [5.41, 5.74) is 1.29. The Morgan fingerprint density at radius 1 is 1.17 bits per heavy atom. The summed E-state index contributed by atoms with van der Waals surface area (Å²) >= 11 is 6.00. The number of aliphatic carboxylic acids is 1. The monoisotopic (exact) mass is 357 g/mol. The zero-order chi connectivity index (χ0) is 18.1. The molecule has 0 aliphatic carbocycles. The molecule has 0 unspecified atom stereocenters. The largest absolute Gasteiger partial charge is 0.495 e. The second-order valence-corrected chi connectivity index (χ2v) is 5.33. The number of anilines is 1. The topological polar surface area (TPSA) is 117 Å². The molecular formula is C15H20ClN3O5. The summed E-state index contributed by atoms with van der Waals surface area (Å²) in [5.74, 6) is -0.860. The van der Waals surface area contributed by atoms with E-state index < -0.39 is 12.0 Å². The Labute approximate surface area is 144 Å². The molecule has 9 heteroatoms. The van der Waals surface area contributed by atoms with Gasteiger partial charge in [-0.3, -0.25) is 9.59 Å². The first-order valence-electron chi connectivity index (χ1n) is 7.21. The van der Waals surface area contributed by atoms with Crippen LogP contribution in [0.1, 0.15) is 18.4 Å². The van der Waals surface area contributed by atoms with Crippen molar-refractivity contribution in [3.05, 3.63) is 22.7 Å². The van der Waals surface area contributed by atoms with E-state index in [0.717, 1.165) is 5.56 Å². The molecule has 0 fully saturated rings. The number of carbonyl (C=O) groups excluding carboxylic acids is 2. The van der Waals surface area contributed by atoms with Gasteiger partial charge in [-0.2, -0.15) is 0 Å². The Balaban J connectivity index is 2.40. The van der Waals surface area contributed by atoms with Gasteiger partial charge in [0.1, 0.15) is 5.75 Å². The maximum Gasteiger partial charge on any atom is 0.314 e. The molecule has 24 heavy (non-hydrogen) atoms. The second kappa shape index (κ2) is 9.61. The number of carboxylic acid groups (broad SMARTS) is 1. The summed E-state index contributed by atoms with van der Waals surface area (Å²) in [7, 11) is 1.47. The molecule has 0 atom stereocenters. The van der Waals surface area contributed by atoms with Crippen LogP contribution in [-0.4, -0.2) is 43.2 Å². The quantitative estimate of drug-likeness (QED) is 0.565. The molecule has 0 spiro atoms. The molecule has 0 radical (unpaired) electrons. The van der Waals surface area contributed by atoms with Crippen molar-refractivity contribution in [2.45, 2.75) is 19.8 Å². The lowest BCUT2D eigenvalue weighted by atomic mass is 10.2. The first-order chi connectivity index (χ1) is 11.3. The number of hydrogen-bond donors (Lipinski definition) is 4. The van der Waals surface area contributed by atoms with E-state index in [-0.39, 0.29) is 31.8 Å². The van der Waals surface area contributed by atoms with Crippen LogP contribution < -0.4 is 20.7 Å². The van der Waals surface area contributed by atoms with Crippen molar-refractivity contribution in [2.75, 3.05) is 25.5 Å². The van der Waals surface area contributed by atoms with Gasteiger partial charge in [-0.15, -0.1) is 0 Å². The number of carbonyl (C=O) groups is 3. The average molecular weight is 358 g/mol. The highest BCUT2D eigenvalue weighted by molar-refractivity contribution is 6.31. The number of halogens is 1. The van der Waals surface area contributed by atoms with E-state index in [0.29, 0.717) is 16.5 Å². The Morgan fingerprint density at radius 3 is 2.38 bits per heavy atom. The smallest absolute Gasteiger partial charge is 0.314 e. The fourth-order valence-corrected chi connectivity index (χ4v) is 1.93. The number of methoxy groups -OCH3 is 1. The van der Waals surface area contributed by atoms with Crippen molar-refractivity contribution in [3.63, 3.8) is 0 Å². The van der Waals surface area contributed by atoms with Gasteiger partial charge in [-0.05, 0) is 18.6 Å². The molecule has 1 aromatic rings. The van der Waals surface area contributed by atoms with Gasteiger partial charge in [-0.25, -0.2) is 4.79 Å². The predicted molar refractivity (Wildman–Crippen MR) is 89.6 cm³/mol. The van der Waals surface area contributed by atoms with Crippen LogP contribution in [0.4, 0.5) is 10.5 Å². The Kier molecular flexibility index (Phi) is 7.84. The maximum absolute atomic E-state index is 11.9. The number of nitrogens with one attached hydrogen (secondary N) is 3. The molecule has 0 aliphatic rings. The predicted octanol–water partition coefficient (Wildman–Crippen LogP) is 1.76. The van der Waals surface area contributed by atoms with Crippen LogP contribution in [0.25, 0.3) is 0 Å². The minimum absolute atomic E-state index is 0.0224. The second-order valence-electron chi connectivity index (χ2n) is 4.93. The molecule has 8 nitrogen and oxygen atoms in total. The number of aryl methyl sites for hydroxylation is 1. The van der Waals surface area contributed by atoms with Gasteiger partial charge in [0, 0.05) is 30.6 Å². The number of carboxylic acids is 1. The molecular weight excluding hydrogens is 338 g/mol. The first-order valence-corrected chi connectivity index (χ1v) is 7.58. The van der Waals surface area contributed by atoms with E-state index in [1.54, 1.807) is 19.1 Å². The number of rotatable bonds is 8. The van der Waals surface area contributed by atoms with Gasteiger partial charge >= 0.3 is 12.0 Å². The normalized spacial score (nSPS) is 9.96. The SMILES string of the molecule is COc1cc(Cl)c(C)cc1NC(=O)CCNC(=O)NCCC(=O)O. The maximum atomic E-state index is 11.9. The van der Waals surface area contributed by atoms with E-state index in [2.05, 4.69) is 16.0 Å². The number of benzene rings is 1. The van der Waals surface area contributed by atoms with Gasteiger partial charge in [0.15, 0.2) is 0 Å². The summed E-state index contributed by atoms with van der Waals surface area (Å²) in [4.78, 5) is 33.6. The van der Waals surface area contributed by atoms with E-state index >= 15 is 0 Å². The minimum atomic E-state index is -0.998. The minimum Gasteiger partial charge on any atom is -0.495 e. The fourth-order valence-electron chi connectivity index (χ4n) is 1.78. The number of amides is 3. The fraction of sp³-hybridized carbons (Fsp3) is 0.400. The van der Waals surface area contributed by atoms with E-state index in [1.165, 1.54) is 7.11 Å². The third-order valence-corrected chi connectivity index (χ3v) is 3.42. The standard InChI is InChI=1S/C15H20ClN3O5/c1-9-7-11(12(24-2)8-10(9)16)19-13(20)3-5-17-15(23)18-6-4-14(21)22/h7-8H,3-6H2,1-2H3,(H,19,20)(H,21,22)(H2,17,18,23). The third-order valence-electron chi connectivity index (χ3n) is 3.02. The van der Waals surface area contributed by atoms with Crippen LogP contribution in [0.15, 0.2) is 12.1 Å². The lowest BCUT2D eigenvalue weighted by Gasteiger charge is -2.12. The van der Waals surface area contributed by atoms with E-state index in [4.69, 9.17) is 21.4 Å². The number of urea groups is 1. The zero-order valence-electron chi connectivity index (χ0n) is 13.4. The van der Waals surface area contributed by atoms with Crippen molar-refractivity contribution in [1.29, 1.82) is 0 Å². The third kappa shape index (κ3) is 6.74. The highest BCUT2D eigenvalue weighted by atomic mass is 35.5. The molecule has 0 bridgehead atoms. The summed E-state index contributed by atoms with van der Waals surface area (Å²) < 4.78 is 5.16. The molecule has 3 amide bonds. The Morgan fingerprint density at radius 2 is 1.79 bits per heavy atom. The van der Waals surface area contributed by atoms with Crippen LogP contribution in [-0.2, 0) is 9.59 Å². The van der Waals surface area contributed by atoms with Crippen LogP contribution in [0.2, 0.25) is 5.02 Å². The van der Waals surface area contributed by atoms with Crippen molar-refractivity contribution >= 4 is 35.2 Å². The molecule has 4 N–H and O–H groups in total. The molecule has 0 saturated carbocycles. The molecule has 0 aliphatic heterocycles. The van der Waals surface area contributed by atoms with Crippen LogP contribution in [0.5, 0.6) is 5.75 Å². The molecule has 0 heterocycles. The van der Waals surface area contributed by atoms with Gasteiger partial charge in [0.05, 0.1) is 19.2 Å². The molecule has 1 rings (SSSR count). The first kappa shape index (κ1) is 19.6. The number of ether oxygens (including phenoxy) is 1. The molecule has 0 saturated heterocycles. The summed E-state index contributed by atoms with van der Waals surface area (Å²) in [5, 5.41) is 16.5. The summed E-state index contributed by atoms with van der Waals surface area (Å²) in [6, 6.07) is 2.79. The van der Waals surface area contributed by atoms with Crippen LogP contribution in [0, 0.1) is 6.92 Å². The van der Waals surface area contributed by atoms with Gasteiger partial charge in [0.2, 0.25) is 5.91 Å². The molecule has 132 valence electrons. The Hall–Kier alpha value is -2.48. The Bertz CT molecular complexity index is 621. The van der Waals surface area contributed by atoms with Gasteiger partial charge < -0.3 is 25.8 Å². The summed E-state index contributed by atoms with van der Waals surface area (Å²) in [6.07, 6.45) is -0.110. The molecule has 0 aromatic heterocycles. The summed E-state index contributed by atoms with van der Waals surface area (Å²) in [6.45, 7) is 1.94. The lowest BCUT2D eigenvalue weighted by molar-refractivity contribution is -0.136. The highest BCUT2D eigenvalue weighted by Gasteiger charge is 2.11. The zero-order valence-corrected chi connectivity index (χ0v) is 14.2. The highest BCUT2D eigenvalue weighted by Crippen LogP contribution is 2.30. The van der Waals surface area contributed by atoms with Crippen molar-refractivity contribution < 1.29 is 24.2 Å². The van der Waals surface area contributed by atoms with Crippen LogP contribution >= 0.6 is 11.6 Å². The van der Waals surface area contributed by atoms with Crippen molar-refractivity contribution in [1.82, 2.24) is 10.6 Å². The number of hydrogen-bond acceptors (Lipinski definition) is 4. The average Bonchev–Trinajstić information content (AvgIpc) is 2.50. The van der Waals surface area contributed by atoms with Crippen molar-refractivity contribution in [3.8, 4) is 5.75 Å². The van der Waals surface area contributed by atoms with Crippen molar-refractivity contribution in [2.24, 2.45) is 0 Å².